The highest BCUT2D eigenvalue weighted by Gasteiger charge is 2.05. The Hall–Kier alpha value is -1.78. The molecule has 0 radical (unpaired) electrons. The van der Waals surface area contributed by atoms with Crippen LogP contribution in [0.3, 0.4) is 0 Å². The molecule has 0 saturated heterocycles. The molecule has 0 aliphatic rings. The smallest absolute Gasteiger partial charge is 0.305 e. The number of imidazole rings is 1. The van der Waals surface area contributed by atoms with Crippen molar-refractivity contribution in [2.24, 2.45) is 0 Å². The summed E-state index contributed by atoms with van der Waals surface area (Å²) in [5.74, 6) is 0.496. The van der Waals surface area contributed by atoms with Crippen LogP contribution in [-0.2, 0) is 0 Å². The van der Waals surface area contributed by atoms with Gasteiger partial charge in [-0.1, -0.05) is 0 Å². The second kappa shape index (κ2) is 2.93. The van der Waals surface area contributed by atoms with Gasteiger partial charge in [0.15, 0.2) is 0 Å². The van der Waals surface area contributed by atoms with Crippen molar-refractivity contribution in [2.75, 3.05) is 14.2 Å². The molecule has 0 aliphatic carbocycles. The van der Waals surface area contributed by atoms with E-state index in [0.29, 0.717) is 11.9 Å². The van der Waals surface area contributed by atoms with Crippen LogP contribution < -0.4 is 9.47 Å². The zero-order valence-corrected chi connectivity index (χ0v) is 7.39. The Morgan fingerprint density at radius 2 is 2.15 bits per heavy atom. The maximum Gasteiger partial charge on any atom is 0.305 e. The maximum absolute atomic E-state index is 5.06. The highest BCUT2D eigenvalue weighted by molar-refractivity contribution is 5.43. The molecular formula is C8H9N3O2. The number of hydrogen-bond donors (Lipinski definition) is 0. The summed E-state index contributed by atoms with van der Waals surface area (Å²) in [5, 5.41) is 0. The van der Waals surface area contributed by atoms with E-state index >= 15 is 0 Å². The zero-order valence-electron chi connectivity index (χ0n) is 7.39. The van der Waals surface area contributed by atoms with Gasteiger partial charge >= 0.3 is 6.01 Å². The first-order valence-electron chi connectivity index (χ1n) is 3.77. The van der Waals surface area contributed by atoms with Crippen molar-refractivity contribution in [3.05, 3.63) is 18.5 Å². The number of nitrogens with zero attached hydrogens (tertiary/aromatic N) is 3. The first-order valence-corrected chi connectivity index (χ1v) is 3.77. The minimum Gasteiger partial charge on any atom is -0.481 e. The predicted octanol–water partition coefficient (Wildman–Crippen LogP) is 0.746. The number of aromatic nitrogens is 3. The third-order valence-corrected chi connectivity index (χ3v) is 1.73. The molecule has 0 bridgehead atoms. The average Bonchev–Trinajstić information content (AvgIpc) is 2.63. The van der Waals surface area contributed by atoms with E-state index in [4.69, 9.17) is 9.47 Å². The van der Waals surface area contributed by atoms with Crippen LogP contribution in [0.2, 0.25) is 0 Å². The Kier molecular flexibility index (Phi) is 1.77. The van der Waals surface area contributed by atoms with E-state index in [1.54, 1.807) is 37.1 Å². The number of fused-ring (bicyclic) bond motifs is 1. The SMILES string of the molecule is COc1cc2nccn2c(OC)n1. The maximum atomic E-state index is 5.06. The molecule has 2 aromatic rings. The van der Waals surface area contributed by atoms with Crippen molar-refractivity contribution in [1.82, 2.24) is 14.4 Å². The van der Waals surface area contributed by atoms with Gasteiger partial charge in [0, 0.05) is 18.5 Å². The van der Waals surface area contributed by atoms with Gasteiger partial charge in [0.2, 0.25) is 5.88 Å². The second-order valence-corrected chi connectivity index (χ2v) is 2.44. The lowest BCUT2D eigenvalue weighted by atomic mass is 10.6. The summed E-state index contributed by atoms with van der Waals surface area (Å²) in [7, 11) is 3.11. The van der Waals surface area contributed by atoms with Crippen LogP contribution in [0, 0.1) is 0 Å². The van der Waals surface area contributed by atoms with Gasteiger partial charge in [-0.25, -0.2) is 4.98 Å². The molecule has 2 heterocycles. The van der Waals surface area contributed by atoms with E-state index in [1.807, 2.05) is 0 Å². The van der Waals surface area contributed by atoms with Crippen molar-refractivity contribution >= 4 is 5.65 Å². The summed E-state index contributed by atoms with van der Waals surface area (Å²) < 4.78 is 11.8. The van der Waals surface area contributed by atoms with Crippen LogP contribution in [0.25, 0.3) is 5.65 Å². The lowest BCUT2D eigenvalue weighted by Gasteiger charge is -2.04. The van der Waals surface area contributed by atoms with Gasteiger partial charge in [0.1, 0.15) is 5.65 Å². The Bertz CT molecular complexity index is 424. The summed E-state index contributed by atoms with van der Waals surface area (Å²) in [6, 6.07) is 2.20. The number of methoxy groups -OCH3 is 2. The standard InChI is InChI=1S/C8H9N3O2/c1-12-7-5-6-9-3-4-11(6)8(10-7)13-2/h3-5H,1-2H3. The minimum atomic E-state index is 0.465. The summed E-state index contributed by atoms with van der Waals surface area (Å²) in [4.78, 5) is 8.19. The van der Waals surface area contributed by atoms with Gasteiger partial charge in [-0.05, 0) is 0 Å². The number of rotatable bonds is 2. The molecule has 13 heavy (non-hydrogen) atoms. The van der Waals surface area contributed by atoms with E-state index in [1.165, 1.54) is 0 Å². The van der Waals surface area contributed by atoms with Crippen LogP contribution in [0.4, 0.5) is 0 Å². The first kappa shape index (κ1) is 7.85. The molecule has 5 nitrogen and oxygen atoms in total. The van der Waals surface area contributed by atoms with Gasteiger partial charge < -0.3 is 9.47 Å². The van der Waals surface area contributed by atoms with Gasteiger partial charge in [0.25, 0.3) is 0 Å². The third-order valence-electron chi connectivity index (χ3n) is 1.73. The zero-order chi connectivity index (χ0) is 9.26. The lowest BCUT2D eigenvalue weighted by Crippen LogP contribution is -1.98. The molecule has 0 atom stereocenters. The molecule has 68 valence electrons. The summed E-state index contributed by atoms with van der Waals surface area (Å²) in [6.07, 6.45) is 3.46. The van der Waals surface area contributed by atoms with Crippen LogP contribution in [0.1, 0.15) is 0 Å². The van der Waals surface area contributed by atoms with Crippen LogP contribution in [0.5, 0.6) is 11.9 Å². The lowest BCUT2D eigenvalue weighted by molar-refractivity contribution is 0.348. The highest BCUT2D eigenvalue weighted by Crippen LogP contribution is 2.16. The van der Waals surface area contributed by atoms with Crippen molar-refractivity contribution < 1.29 is 9.47 Å². The first-order chi connectivity index (χ1) is 6.35. The van der Waals surface area contributed by atoms with Crippen molar-refractivity contribution in [3.8, 4) is 11.9 Å². The fourth-order valence-corrected chi connectivity index (χ4v) is 1.12. The predicted molar refractivity (Wildman–Crippen MR) is 46.1 cm³/mol. The molecule has 0 saturated carbocycles. The molecule has 0 fully saturated rings. The Morgan fingerprint density at radius 3 is 2.85 bits per heavy atom. The van der Waals surface area contributed by atoms with Crippen molar-refractivity contribution in [2.45, 2.75) is 0 Å². The summed E-state index contributed by atoms with van der Waals surface area (Å²) >= 11 is 0. The fraction of sp³-hybridized carbons (Fsp3) is 0.250. The van der Waals surface area contributed by atoms with E-state index < -0.39 is 0 Å². The molecule has 0 aromatic carbocycles. The van der Waals surface area contributed by atoms with Gasteiger partial charge in [-0.15, -0.1) is 0 Å². The third kappa shape index (κ3) is 1.18. The van der Waals surface area contributed by atoms with Crippen LogP contribution >= 0.6 is 0 Å². The summed E-state index contributed by atoms with van der Waals surface area (Å²) in [5.41, 5.74) is 0.753. The van der Waals surface area contributed by atoms with Crippen LogP contribution in [-0.4, -0.2) is 28.6 Å². The van der Waals surface area contributed by atoms with Gasteiger partial charge in [0.05, 0.1) is 14.2 Å². The van der Waals surface area contributed by atoms with Crippen LogP contribution in [0.15, 0.2) is 18.5 Å². The molecular weight excluding hydrogens is 170 g/mol. The average molecular weight is 179 g/mol. The van der Waals surface area contributed by atoms with Crippen molar-refractivity contribution in [3.63, 3.8) is 0 Å². The minimum absolute atomic E-state index is 0.465. The molecule has 0 amide bonds. The number of ether oxygens (including phenoxy) is 2. The van der Waals surface area contributed by atoms with Crippen molar-refractivity contribution in [1.29, 1.82) is 0 Å². The Morgan fingerprint density at radius 1 is 1.31 bits per heavy atom. The molecule has 0 spiro atoms. The molecule has 2 rings (SSSR count). The largest absolute Gasteiger partial charge is 0.481 e. The molecule has 0 N–H and O–H groups in total. The quantitative estimate of drug-likeness (QED) is 0.682. The Labute approximate surface area is 74.9 Å². The normalized spacial score (nSPS) is 10.3. The van der Waals surface area contributed by atoms with Gasteiger partial charge in [-0.2, -0.15) is 4.98 Å². The van der Waals surface area contributed by atoms with E-state index in [9.17, 15) is 0 Å². The van der Waals surface area contributed by atoms with E-state index in [-0.39, 0.29) is 0 Å². The Balaban J connectivity index is 2.70. The molecule has 0 aliphatic heterocycles. The topological polar surface area (TPSA) is 48.7 Å². The fourth-order valence-electron chi connectivity index (χ4n) is 1.12. The van der Waals surface area contributed by atoms with Gasteiger partial charge in [-0.3, -0.25) is 4.40 Å². The monoisotopic (exact) mass is 179 g/mol. The summed E-state index contributed by atoms with van der Waals surface area (Å²) in [6.45, 7) is 0. The number of hydrogen-bond acceptors (Lipinski definition) is 4. The highest BCUT2D eigenvalue weighted by atomic mass is 16.5. The second-order valence-electron chi connectivity index (χ2n) is 2.44. The molecule has 2 aromatic heterocycles. The molecule has 0 unspecified atom stereocenters. The van der Waals surface area contributed by atoms with E-state index in [2.05, 4.69) is 9.97 Å². The molecule has 5 heteroatoms. The van der Waals surface area contributed by atoms with E-state index in [0.717, 1.165) is 5.65 Å².